The summed E-state index contributed by atoms with van der Waals surface area (Å²) >= 11 is 10.7. The monoisotopic (exact) mass is 746 g/mol. The molecule has 1 saturated heterocycles. The van der Waals surface area contributed by atoms with Crippen LogP contribution in [0.1, 0.15) is 11.1 Å². The topological polar surface area (TPSA) is 97.3 Å². The summed E-state index contributed by atoms with van der Waals surface area (Å²) in [7, 11) is 0. The molecule has 51 heavy (non-hydrogen) atoms. The zero-order valence-electron chi connectivity index (χ0n) is 28.5. The summed E-state index contributed by atoms with van der Waals surface area (Å²) in [4.78, 5) is 27.7. The molecule has 0 spiro atoms. The van der Waals surface area contributed by atoms with Gasteiger partial charge in [-0.2, -0.15) is 0 Å². The highest BCUT2D eigenvalue weighted by Gasteiger charge is 2.15. The van der Waals surface area contributed by atoms with Crippen molar-refractivity contribution in [1.82, 2.24) is 19.8 Å². The molecule has 0 atom stereocenters. The maximum Gasteiger partial charge on any atom is 0.258 e. The minimum Gasteiger partial charge on any atom is -0.398 e. The normalized spacial score (nSPS) is 12.3. The van der Waals surface area contributed by atoms with Crippen LogP contribution in [0, 0.1) is 0 Å². The summed E-state index contributed by atoms with van der Waals surface area (Å²) in [6.07, 6.45) is 3.72. The Morgan fingerprint density at radius 2 is 1.10 bits per heavy atom. The van der Waals surface area contributed by atoms with Gasteiger partial charge in [0.15, 0.2) is 0 Å². The Morgan fingerprint density at radius 1 is 0.608 bits per heavy atom. The number of halogens is 3. The SMILES string of the molecule is Cl.ClCCNCCCl.Nc1cccc2c(=O)n(Cc3ccccc3)ccc12.O=c1c2cccc(N3CCNCC3)c2ccn1Cc1ccccc1. The lowest BCUT2D eigenvalue weighted by Crippen LogP contribution is -2.43. The zero-order chi connectivity index (χ0) is 35.1. The Labute approximate surface area is 315 Å². The largest absolute Gasteiger partial charge is 0.398 e. The molecular formula is C40H45Cl3N6O2. The number of nitrogen functional groups attached to an aromatic ring is 1. The number of pyridine rings is 2. The molecule has 0 amide bonds. The number of aromatic nitrogens is 2. The van der Waals surface area contributed by atoms with Crippen molar-refractivity contribution in [1.29, 1.82) is 0 Å². The minimum absolute atomic E-state index is 0. The van der Waals surface area contributed by atoms with E-state index in [1.54, 1.807) is 15.3 Å². The third kappa shape index (κ3) is 10.8. The number of hydrogen-bond donors (Lipinski definition) is 3. The first kappa shape index (κ1) is 39.5. The number of nitrogens with one attached hydrogen (secondary N) is 2. The lowest BCUT2D eigenvalue weighted by molar-refractivity contribution is 0.590. The zero-order valence-corrected chi connectivity index (χ0v) is 30.8. The molecule has 0 aliphatic carbocycles. The van der Waals surface area contributed by atoms with Gasteiger partial charge < -0.3 is 30.4 Å². The lowest BCUT2D eigenvalue weighted by Gasteiger charge is -2.30. The van der Waals surface area contributed by atoms with E-state index in [1.807, 2.05) is 103 Å². The third-order valence-electron chi connectivity index (χ3n) is 8.44. The predicted octanol–water partition coefficient (Wildman–Crippen LogP) is 6.57. The molecule has 8 nitrogen and oxygen atoms in total. The van der Waals surface area contributed by atoms with Gasteiger partial charge in [0.25, 0.3) is 11.1 Å². The van der Waals surface area contributed by atoms with E-state index in [4.69, 9.17) is 28.9 Å². The molecule has 2 aromatic heterocycles. The van der Waals surface area contributed by atoms with Crippen LogP contribution in [-0.2, 0) is 13.1 Å². The molecule has 0 saturated carbocycles. The first-order chi connectivity index (χ1) is 24.5. The molecule has 268 valence electrons. The van der Waals surface area contributed by atoms with Gasteiger partial charge in [-0.1, -0.05) is 72.8 Å². The minimum atomic E-state index is -0.00588. The highest BCUT2D eigenvalue weighted by Crippen LogP contribution is 2.25. The van der Waals surface area contributed by atoms with Crippen LogP contribution in [0.5, 0.6) is 0 Å². The van der Waals surface area contributed by atoms with Gasteiger partial charge in [-0.25, -0.2) is 0 Å². The molecule has 0 bridgehead atoms. The Balaban J connectivity index is 0.000000194. The van der Waals surface area contributed by atoms with Crippen LogP contribution >= 0.6 is 35.6 Å². The van der Waals surface area contributed by atoms with E-state index in [0.717, 1.165) is 72.2 Å². The second-order valence-corrected chi connectivity index (χ2v) is 12.6. The Bertz CT molecular complexity index is 2060. The first-order valence-corrected chi connectivity index (χ1v) is 17.9. The van der Waals surface area contributed by atoms with Crippen molar-refractivity contribution < 1.29 is 0 Å². The number of anilines is 2. The molecule has 1 fully saturated rings. The van der Waals surface area contributed by atoms with Crippen LogP contribution in [0.2, 0.25) is 0 Å². The van der Waals surface area contributed by atoms with Crippen LogP contribution in [0.3, 0.4) is 0 Å². The quantitative estimate of drug-likeness (QED) is 0.0881. The van der Waals surface area contributed by atoms with Crippen LogP contribution < -0.4 is 32.4 Å². The summed E-state index contributed by atoms with van der Waals surface area (Å²) < 4.78 is 3.50. The highest BCUT2D eigenvalue weighted by molar-refractivity contribution is 6.18. The van der Waals surface area contributed by atoms with Gasteiger partial charge >= 0.3 is 0 Å². The molecule has 0 unspecified atom stereocenters. The van der Waals surface area contributed by atoms with Crippen LogP contribution in [0.4, 0.5) is 11.4 Å². The summed E-state index contributed by atoms with van der Waals surface area (Å²) in [5.74, 6) is 1.33. The third-order valence-corrected chi connectivity index (χ3v) is 8.82. The molecule has 1 aliphatic rings. The average molecular weight is 748 g/mol. The van der Waals surface area contributed by atoms with Crippen molar-refractivity contribution in [3.63, 3.8) is 0 Å². The first-order valence-electron chi connectivity index (χ1n) is 16.9. The number of fused-ring (bicyclic) bond motifs is 2. The number of nitrogens with zero attached hydrogens (tertiary/aromatic N) is 3. The number of nitrogens with two attached hydrogens (primary N) is 1. The van der Waals surface area contributed by atoms with Crippen LogP contribution in [0.25, 0.3) is 21.5 Å². The van der Waals surface area contributed by atoms with E-state index in [0.29, 0.717) is 35.9 Å². The summed E-state index contributed by atoms with van der Waals surface area (Å²) in [6, 6.07) is 35.5. The van der Waals surface area contributed by atoms with Crippen molar-refractivity contribution in [3.8, 4) is 0 Å². The Hall–Kier alpha value is -4.31. The standard InChI is InChI=1S/C20H21N3O.C16H14N2O.C4H9Cl2N.ClH/c24-20-18-7-4-8-19(22-13-10-21-11-14-22)17(18)9-12-23(20)15-16-5-2-1-3-6-16;17-15-8-4-7-14-13(15)9-10-18(16(14)19)11-12-5-2-1-3-6-12;5-1-3-7-4-2-6;/h1-9,12,21H,10-11,13-15H2;1-10H,11,17H2;7H,1-4H2;1H. The second kappa shape index (κ2) is 20.5. The van der Waals surface area contributed by atoms with Gasteiger partial charge in [-0.3, -0.25) is 9.59 Å². The fourth-order valence-electron chi connectivity index (χ4n) is 5.89. The van der Waals surface area contributed by atoms with Crippen LogP contribution in [0.15, 0.2) is 131 Å². The van der Waals surface area contributed by atoms with E-state index >= 15 is 0 Å². The molecule has 0 radical (unpaired) electrons. The summed E-state index contributed by atoms with van der Waals surface area (Å²) in [6.45, 7) is 6.82. The van der Waals surface area contributed by atoms with E-state index in [-0.39, 0.29) is 23.5 Å². The lowest BCUT2D eigenvalue weighted by atomic mass is 10.1. The van der Waals surface area contributed by atoms with Gasteiger partial charge in [0.05, 0.1) is 13.1 Å². The maximum absolute atomic E-state index is 12.9. The van der Waals surface area contributed by atoms with Gasteiger partial charge in [0.1, 0.15) is 0 Å². The number of rotatable bonds is 9. The fourth-order valence-corrected chi connectivity index (χ4v) is 6.16. The van der Waals surface area contributed by atoms with Gasteiger partial charge in [-0.05, 0) is 47.5 Å². The summed E-state index contributed by atoms with van der Waals surface area (Å²) in [5.41, 5.74) is 10.00. The van der Waals surface area contributed by atoms with Crippen molar-refractivity contribution in [2.75, 3.05) is 61.7 Å². The molecule has 4 aromatic carbocycles. The highest BCUT2D eigenvalue weighted by atomic mass is 35.5. The molecule has 1 aliphatic heterocycles. The van der Waals surface area contributed by atoms with Crippen molar-refractivity contribution in [2.45, 2.75) is 13.1 Å². The van der Waals surface area contributed by atoms with Gasteiger partial charge in [0.2, 0.25) is 0 Å². The van der Waals surface area contributed by atoms with Gasteiger partial charge in [0, 0.05) is 96.3 Å². The smallest absolute Gasteiger partial charge is 0.258 e. The molecule has 4 N–H and O–H groups in total. The number of benzene rings is 4. The number of hydrogen-bond acceptors (Lipinski definition) is 6. The predicted molar refractivity (Wildman–Crippen MR) is 219 cm³/mol. The average Bonchev–Trinajstić information content (AvgIpc) is 3.16. The summed E-state index contributed by atoms with van der Waals surface area (Å²) in [5, 5.41) is 9.72. The maximum atomic E-state index is 12.9. The van der Waals surface area contributed by atoms with E-state index in [2.05, 4.69) is 27.7 Å². The van der Waals surface area contributed by atoms with Crippen molar-refractivity contribution in [2.24, 2.45) is 0 Å². The van der Waals surface area contributed by atoms with Crippen molar-refractivity contribution >= 4 is 68.5 Å². The molecule has 7 rings (SSSR count). The van der Waals surface area contributed by atoms with Gasteiger partial charge in [-0.15, -0.1) is 35.6 Å². The van der Waals surface area contributed by atoms with E-state index in [9.17, 15) is 9.59 Å². The molecule has 6 aromatic rings. The Kier molecular flexibility index (Phi) is 15.9. The fraction of sp³-hybridized carbons (Fsp3) is 0.250. The number of piperazine rings is 1. The van der Waals surface area contributed by atoms with Crippen LogP contribution in [-0.4, -0.2) is 60.2 Å². The van der Waals surface area contributed by atoms with E-state index < -0.39 is 0 Å². The Morgan fingerprint density at radius 3 is 1.63 bits per heavy atom. The molecule has 3 heterocycles. The number of alkyl halides is 2. The van der Waals surface area contributed by atoms with Crippen molar-refractivity contribution in [3.05, 3.63) is 153 Å². The molecular weight excluding hydrogens is 703 g/mol. The second-order valence-electron chi connectivity index (χ2n) is 11.9. The van der Waals surface area contributed by atoms with E-state index in [1.165, 1.54) is 0 Å². The molecule has 11 heteroatoms.